The van der Waals surface area contributed by atoms with Gasteiger partial charge in [-0.3, -0.25) is 9.59 Å². The van der Waals surface area contributed by atoms with Crippen LogP contribution in [0, 0.1) is 5.92 Å². The number of carbonyl (C=O) groups excluding carboxylic acids is 3. The second-order valence-corrected chi connectivity index (χ2v) is 5.64. The van der Waals surface area contributed by atoms with Gasteiger partial charge in [0, 0.05) is 13.1 Å². The van der Waals surface area contributed by atoms with Crippen molar-refractivity contribution in [2.24, 2.45) is 5.92 Å². The Morgan fingerprint density at radius 2 is 1.92 bits per heavy atom. The number of nitrogens with one attached hydrogen (secondary N) is 1. The molecule has 136 valence electrons. The second kappa shape index (κ2) is 9.03. The fraction of sp³-hybridized carbons (Fsp3) is 0.471. The molecular formula is C17H22N2O6. The number of esters is 1. The molecule has 1 saturated heterocycles. The van der Waals surface area contributed by atoms with Gasteiger partial charge in [-0.2, -0.15) is 0 Å². The Bertz CT molecular complexity index is 606. The number of aliphatic hydroxyl groups excluding tert-OH is 1. The van der Waals surface area contributed by atoms with Gasteiger partial charge in [-0.05, 0) is 12.5 Å². The van der Waals surface area contributed by atoms with Crippen LogP contribution in [0.15, 0.2) is 30.3 Å². The predicted octanol–water partition coefficient (Wildman–Crippen LogP) is 0.295. The monoisotopic (exact) mass is 350 g/mol. The van der Waals surface area contributed by atoms with Crippen molar-refractivity contribution in [3.05, 3.63) is 35.9 Å². The molecule has 0 aromatic heterocycles. The highest BCUT2D eigenvalue weighted by atomic mass is 16.5. The lowest BCUT2D eigenvalue weighted by molar-refractivity contribution is -0.150. The van der Waals surface area contributed by atoms with E-state index in [4.69, 9.17) is 9.47 Å². The van der Waals surface area contributed by atoms with Crippen LogP contribution in [-0.2, 0) is 25.7 Å². The molecule has 2 unspecified atom stereocenters. The quantitative estimate of drug-likeness (QED) is 0.715. The second-order valence-electron chi connectivity index (χ2n) is 5.64. The van der Waals surface area contributed by atoms with Crippen molar-refractivity contribution in [2.45, 2.75) is 19.6 Å². The van der Waals surface area contributed by atoms with Crippen molar-refractivity contribution < 1.29 is 29.0 Å². The fourth-order valence-electron chi connectivity index (χ4n) is 2.50. The molecular weight excluding hydrogens is 328 g/mol. The van der Waals surface area contributed by atoms with Crippen molar-refractivity contribution in [1.82, 2.24) is 10.2 Å². The molecule has 0 saturated carbocycles. The van der Waals surface area contributed by atoms with Crippen LogP contribution >= 0.6 is 0 Å². The number of β-amino-alcohol motifs (C(OH)–C–C–N with tert-alkyl or cyclic N) is 1. The molecule has 1 aromatic rings. The Labute approximate surface area is 145 Å². The van der Waals surface area contributed by atoms with E-state index in [9.17, 15) is 19.5 Å². The van der Waals surface area contributed by atoms with Crippen molar-refractivity contribution in [3.8, 4) is 0 Å². The summed E-state index contributed by atoms with van der Waals surface area (Å²) in [4.78, 5) is 36.7. The number of likely N-dealkylation sites (tertiary alicyclic amines) is 1. The van der Waals surface area contributed by atoms with Crippen LogP contribution in [0.3, 0.4) is 0 Å². The Morgan fingerprint density at radius 1 is 1.20 bits per heavy atom. The van der Waals surface area contributed by atoms with Crippen LogP contribution in [-0.4, -0.2) is 60.3 Å². The van der Waals surface area contributed by atoms with E-state index in [2.05, 4.69) is 5.32 Å². The van der Waals surface area contributed by atoms with Crippen molar-refractivity contribution in [2.75, 3.05) is 26.2 Å². The lowest BCUT2D eigenvalue weighted by Gasteiger charge is -2.16. The summed E-state index contributed by atoms with van der Waals surface area (Å²) in [6.07, 6.45) is -1.67. The smallest absolute Gasteiger partial charge is 0.407 e. The Morgan fingerprint density at radius 3 is 2.60 bits per heavy atom. The van der Waals surface area contributed by atoms with E-state index in [0.29, 0.717) is 0 Å². The topological polar surface area (TPSA) is 105 Å². The number of hydrogen-bond acceptors (Lipinski definition) is 6. The molecule has 0 radical (unpaired) electrons. The molecule has 1 heterocycles. The maximum absolute atomic E-state index is 12.1. The zero-order valence-electron chi connectivity index (χ0n) is 14.0. The average molecular weight is 350 g/mol. The number of nitrogens with zero attached hydrogens (tertiary/aromatic N) is 1. The number of carbonyl (C=O) groups is 3. The predicted molar refractivity (Wildman–Crippen MR) is 87.3 cm³/mol. The largest absolute Gasteiger partial charge is 0.466 e. The van der Waals surface area contributed by atoms with Gasteiger partial charge in [0.2, 0.25) is 5.91 Å². The zero-order valence-corrected chi connectivity index (χ0v) is 14.0. The summed E-state index contributed by atoms with van der Waals surface area (Å²) < 4.78 is 9.88. The third kappa shape index (κ3) is 5.46. The van der Waals surface area contributed by atoms with Crippen molar-refractivity contribution >= 4 is 18.0 Å². The van der Waals surface area contributed by atoms with Gasteiger partial charge < -0.3 is 24.8 Å². The van der Waals surface area contributed by atoms with Crippen LogP contribution in [0.5, 0.6) is 0 Å². The van der Waals surface area contributed by atoms with Gasteiger partial charge in [-0.15, -0.1) is 0 Å². The summed E-state index contributed by atoms with van der Waals surface area (Å²) in [5, 5.41) is 12.2. The van der Waals surface area contributed by atoms with E-state index in [1.165, 1.54) is 4.90 Å². The van der Waals surface area contributed by atoms with Gasteiger partial charge in [-0.1, -0.05) is 30.3 Å². The van der Waals surface area contributed by atoms with Gasteiger partial charge in [0.25, 0.3) is 0 Å². The standard InChI is InChI=1S/C17H22N2O6/c1-2-24-16(22)13-9-19(10-14(13)20)15(21)8-18-17(23)25-11-12-6-4-3-5-7-12/h3-7,13-14,20H,2,8-11H2,1H3,(H,18,23). The molecule has 0 spiro atoms. The molecule has 2 atom stereocenters. The van der Waals surface area contributed by atoms with Crippen LogP contribution in [0.4, 0.5) is 4.79 Å². The van der Waals surface area contributed by atoms with E-state index in [1.54, 1.807) is 6.92 Å². The minimum atomic E-state index is -0.965. The van der Waals surface area contributed by atoms with Gasteiger partial charge in [-0.25, -0.2) is 4.79 Å². The molecule has 1 aliphatic heterocycles. The minimum absolute atomic E-state index is 0.0308. The van der Waals surface area contributed by atoms with Gasteiger partial charge in [0.15, 0.2) is 0 Å². The normalized spacial score (nSPS) is 19.4. The van der Waals surface area contributed by atoms with Crippen molar-refractivity contribution in [1.29, 1.82) is 0 Å². The first-order chi connectivity index (χ1) is 12.0. The molecule has 25 heavy (non-hydrogen) atoms. The molecule has 2 N–H and O–H groups in total. The number of rotatable bonds is 6. The lowest BCUT2D eigenvalue weighted by Crippen LogP contribution is -2.39. The third-order valence-electron chi connectivity index (χ3n) is 3.83. The molecule has 2 amide bonds. The van der Waals surface area contributed by atoms with Gasteiger partial charge in [0.1, 0.15) is 19.1 Å². The lowest BCUT2D eigenvalue weighted by atomic mass is 10.1. The fourth-order valence-corrected chi connectivity index (χ4v) is 2.50. The molecule has 8 heteroatoms. The molecule has 0 aliphatic carbocycles. The number of benzene rings is 1. The van der Waals surface area contributed by atoms with Crippen LogP contribution in [0.25, 0.3) is 0 Å². The highest BCUT2D eigenvalue weighted by Gasteiger charge is 2.39. The Balaban J connectivity index is 1.73. The van der Waals surface area contributed by atoms with Gasteiger partial charge in [0.05, 0.1) is 12.7 Å². The molecule has 1 aromatic carbocycles. The highest BCUT2D eigenvalue weighted by molar-refractivity contribution is 5.84. The van der Waals surface area contributed by atoms with E-state index in [1.807, 2.05) is 30.3 Å². The summed E-state index contributed by atoms with van der Waals surface area (Å²) in [7, 11) is 0. The number of alkyl carbamates (subject to hydrolysis) is 1. The first kappa shape index (κ1) is 18.7. The Hall–Kier alpha value is -2.61. The summed E-state index contributed by atoms with van der Waals surface area (Å²) in [6.45, 7) is 1.82. The SMILES string of the molecule is CCOC(=O)C1CN(C(=O)CNC(=O)OCc2ccccc2)CC1O. The first-order valence-corrected chi connectivity index (χ1v) is 8.08. The number of hydrogen-bond donors (Lipinski definition) is 2. The van der Waals surface area contributed by atoms with E-state index in [0.717, 1.165) is 5.56 Å². The highest BCUT2D eigenvalue weighted by Crippen LogP contribution is 2.18. The summed E-state index contributed by atoms with van der Waals surface area (Å²) in [6, 6.07) is 9.16. The summed E-state index contributed by atoms with van der Waals surface area (Å²) in [5.74, 6) is -1.68. The number of ether oxygens (including phenoxy) is 2. The van der Waals surface area contributed by atoms with E-state index >= 15 is 0 Å². The maximum atomic E-state index is 12.1. The number of aliphatic hydroxyl groups is 1. The van der Waals surface area contributed by atoms with E-state index < -0.39 is 30.0 Å². The van der Waals surface area contributed by atoms with Crippen molar-refractivity contribution in [3.63, 3.8) is 0 Å². The molecule has 1 aliphatic rings. The van der Waals surface area contributed by atoms with Crippen LogP contribution in [0.1, 0.15) is 12.5 Å². The van der Waals surface area contributed by atoms with E-state index in [-0.39, 0.29) is 32.8 Å². The van der Waals surface area contributed by atoms with Crippen LogP contribution in [0.2, 0.25) is 0 Å². The maximum Gasteiger partial charge on any atom is 0.407 e. The van der Waals surface area contributed by atoms with Gasteiger partial charge >= 0.3 is 12.1 Å². The molecule has 2 rings (SSSR count). The first-order valence-electron chi connectivity index (χ1n) is 8.08. The van der Waals surface area contributed by atoms with Crippen LogP contribution < -0.4 is 5.32 Å². The zero-order chi connectivity index (χ0) is 18.2. The third-order valence-corrected chi connectivity index (χ3v) is 3.83. The Kier molecular flexibility index (Phi) is 6.76. The molecule has 0 bridgehead atoms. The average Bonchev–Trinajstić information content (AvgIpc) is 3.01. The summed E-state index contributed by atoms with van der Waals surface area (Å²) >= 11 is 0. The summed E-state index contributed by atoms with van der Waals surface area (Å²) in [5.41, 5.74) is 0.837. The molecule has 8 nitrogen and oxygen atoms in total. The number of amides is 2. The minimum Gasteiger partial charge on any atom is -0.466 e. The molecule has 1 fully saturated rings.